The predicted octanol–water partition coefficient (Wildman–Crippen LogP) is 3.73. The van der Waals surface area contributed by atoms with Gasteiger partial charge >= 0.3 is 0 Å². The predicted molar refractivity (Wildman–Crippen MR) is 88.5 cm³/mol. The minimum absolute atomic E-state index is 0.0261. The Balaban J connectivity index is 2.19. The number of anilines is 1. The highest BCUT2D eigenvalue weighted by molar-refractivity contribution is 9.10. The summed E-state index contributed by atoms with van der Waals surface area (Å²) >= 11 is 3.70. The smallest absolute Gasteiger partial charge is 0.0825 e. The Morgan fingerprint density at radius 2 is 2.20 bits per heavy atom. The maximum Gasteiger partial charge on any atom is 0.0825 e. The number of nitrogens with one attached hydrogen (secondary N) is 1. The van der Waals surface area contributed by atoms with Gasteiger partial charge in [0, 0.05) is 36.4 Å². The summed E-state index contributed by atoms with van der Waals surface area (Å²) < 4.78 is 6.84. The molecule has 1 aromatic carbocycles. The number of ether oxygens (including phenoxy) is 1. The van der Waals surface area contributed by atoms with E-state index in [0.29, 0.717) is 6.04 Å². The van der Waals surface area contributed by atoms with Gasteiger partial charge in [0.1, 0.15) is 0 Å². The molecule has 4 heteroatoms. The van der Waals surface area contributed by atoms with Crippen LogP contribution in [0.5, 0.6) is 0 Å². The Bertz CT molecular complexity index is 466. The van der Waals surface area contributed by atoms with Gasteiger partial charge in [0.15, 0.2) is 0 Å². The zero-order valence-electron chi connectivity index (χ0n) is 12.9. The number of halogens is 1. The second kappa shape index (κ2) is 6.46. The fourth-order valence-electron chi connectivity index (χ4n) is 2.81. The molecular formula is C16H25BrN2O. The van der Waals surface area contributed by atoms with Gasteiger partial charge in [-0.2, -0.15) is 0 Å². The minimum atomic E-state index is -0.0261. The SMILES string of the molecule is CNC(C)c1ccc(N2CCCC(C)(OC)C2)cc1Br. The van der Waals surface area contributed by atoms with E-state index in [0.717, 1.165) is 19.5 Å². The quantitative estimate of drug-likeness (QED) is 0.903. The summed E-state index contributed by atoms with van der Waals surface area (Å²) in [7, 11) is 3.80. The van der Waals surface area contributed by atoms with Crippen LogP contribution in [0.2, 0.25) is 0 Å². The lowest BCUT2D eigenvalue weighted by atomic mass is 9.94. The molecule has 3 nitrogen and oxygen atoms in total. The molecule has 0 aliphatic carbocycles. The van der Waals surface area contributed by atoms with Crippen LogP contribution < -0.4 is 10.2 Å². The van der Waals surface area contributed by atoms with Gasteiger partial charge in [-0.3, -0.25) is 0 Å². The molecule has 0 radical (unpaired) electrons. The fourth-order valence-corrected chi connectivity index (χ4v) is 3.52. The van der Waals surface area contributed by atoms with Crippen molar-refractivity contribution in [3.8, 4) is 0 Å². The standard InChI is InChI=1S/C16H25BrN2O/c1-12(18-3)14-7-6-13(10-15(14)17)19-9-5-8-16(2,11-19)20-4/h6-7,10,12,18H,5,8-9,11H2,1-4H3. The van der Waals surface area contributed by atoms with Gasteiger partial charge in [-0.1, -0.05) is 22.0 Å². The molecule has 0 bridgehead atoms. The lowest BCUT2D eigenvalue weighted by Crippen LogP contribution is -2.47. The number of methoxy groups -OCH3 is 1. The van der Waals surface area contributed by atoms with Gasteiger partial charge in [-0.15, -0.1) is 0 Å². The molecule has 0 saturated carbocycles. The molecular weight excluding hydrogens is 316 g/mol. The maximum atomic E-state index is 5.68. The van der Waals surface area contributed by atoms with Crippen LogP contribution in [0.3, 0.4) is 0 Å². The van der Waals surface area contributed by atoms with E-state index in [4.69, 9.17) is 4.74 Å². The summed E-state index contributed by atoms with van der Waals surface area (Å²) in [6.45, 7) is 6.43. The van der Waals surface area contributed by atoms with E-state index in [1.165, 1.54) is 22.1 Å². The van der Waals surface area contributed by atoms with Crippen LogP contribution in [-0.4, -0.2) is 32.8 Å². The van der Waals surface area contributed by atoms with Crippen molar-refractivity contribution in [2.24, 2.45) is 0 Å². The van der Waals surface area contributed by atoms with Crippen LogP contribution >= 0.6 is 15.9 Å². The first-order valence-corrected chi connectivity index (χ1v) is 8.05. The molecule has 2 unspecified atom stereocenters. The molecule has 2 atom stereocenters. The van der Waals surface area contributed by atoms with Gasteiger partial charge in [0.05, 0.1) is 5.60 Å². The average Bonchev–Trinajstić information content (AvgIpc) is 2.46. The normalized spacial score (nSPS) is 24.8. The van der Waals surface area contributed by atoms with E-state index in [1.807, 2.05) is 14.2 Å². The van der Waals surface area contributed by atoms with Crippen molar-refractivity contribution in [1.82, 2.24) is 5.32 Å². The lowest BCUT2D eigenvalue weighted by Gasteiger charge is -2.40. The molecule has 1 aromatic rings. The summed E-state index contributed by atoms with van der Waals surface area (Å²) in [4.78, 5) is 2.42. The highest BCUT2D eigenvalue weighted by atomic mass is 79.9. The first-order valence-electron chi connectivity index (χ1n) is 7.26. The third-order valence-corrected chi connectivity index (χ3v) is 5.09. The van der Waals surface area contributed by atoms with Crippen LogP contribution in [0.25, 0.3) is 0 Å². The van der Waals surface area contributed by atoms with Crippen LogP contribution in [0.15, 0.2) is 22.7 Å². The Morgan fingerprint density at radius 1 is 1.45 bits per heavy atom. The highest BCUT2D eigenvalue weighted by Crippen LogP contribution is 2.32. The summed E-state index contributed by atoms with van der Waals surface area (Å²) in [5.74, 6) is 0. The fraction of sp³-hybridized carbons (Fsp3) is 0.625. The summed E-state index contributed by atoms with van der Waals surface area (Å²) in [5.41, 5.74) is 2.54. The van der Waals surface area contributed by atoms with Gasteiger partial charge in [0.2, 0.25) is 0 Å². The first kappa shape index (κ1) is 15.8. The molecule has 2 rings (SSSR count). The summed E-state index contributed by atoms with van der Waals surface area (Å²) in [5, 5.41) is 3.28. The highest BCUT2D eigenvalue weighted by Gasteiger charge is 2.31. The Hall–Kier alpha value is -0.580. The Morgan fingerprint density at radius 3 is 2.80 bits per heavy atom. The maximum absolute atomic E-state index is 5.68. The number of nitrogens with zero attached hydrogens (tertiary/aromatic N) is 1. The molecule has 20 heavy (non-hydrogen) atoms. The van der Waals surface area contributed by atoms with Crippen molar-refractivity contribution in [2.75, 3.05) is 32.1 Å². The van der Waals surface area contributed by atoms with Crippen LogP contribution in [0.4, 0.5) is 5.69 Å². The summed E-state index contributed by atoms with van der Waals surface area (Å²) in [6.07, 6.45) is 2.31. The zero-order valence-corrected chi connectivity index (χ0v) is 14.5. The van der Waals surface area contributed by atoms with E-state index in [-0.39, 0.29) is 5.60 Å². The molecule has 1 N–H and O–H groups in total. The Kier molecular flexibility index (Phi) is 5.10. The van der Waals surface area contributed by atoms with E-state index in [9.17, 15) is 0 Å². The van der Waals surface area contributed by atoms with Crippen molar-refractivity contribution in [3.05, 3.63) is 28.2 Å². The second-order valence-electron chi connectivity index (χ2n) is 5.90. The monoisotopic (exact) mass is 340 g/mol. The third-order valence-electron chi connectivity index (χ3n) is 4.40. The van der Waals surface area contributed by atoms with Gasteiger partial charge in [-0.25, -0.2) is 0 Å². The number of piperidine rings is 1. The third kappa shape index (κ3) is 3.35. The van der Waals surface area contributed by atoms with Crippen LogP contribution in [-0.2, 0) is 4.74 Å². The van der Waals surface area contributed by atoms with Crippen molar-refractivity contribution >= 4 is 21.6 Å². The van der Waals surface area contributed by atoms with Crippen molar-refractivity contribution in [2.45, 2.75) is 38.3 Å². The van der Waals surface area contributed by atoms with Gasteiger partial charge < -0.3 is 15.0 Å². The van der Waals surface area contributed by atoms with Crippen molar-refractivity contribution < 1.29 is 4.74 Å². The molecule has 112 valence electrons. The van der Waals surface area contributed by atoms with E-state index < -0.39 is 0 Å². The van der Waals surface area contributed by atoms with Crippen molar-refractivity contribution in [1.29, 1.82) is 0 Å². The second-order valence-corrected chi connectivity index (χ2v) is 6.75. The molecule has 1 saturated heterocycles. The van der Waals surface area contributed by atoms with E-state index >= 15 is 0 Å². The lowest BCUT2D eigenvalue weighted by molar-refractivity contribution is -0.00465. The molecule has 0 amide bonds. The largest absolute Gasteiger partial charge is 0.377 e. The Labute approximate surface area is 130 Å². The summed E-state index contributed by atoms with van der Waals surface area (Å²) in [6, 6.07) is 7.00. The zero-order chi connectivity index (χ0) is 14.8. The molecule has 1 aliphatic heterocycles. The molecule has 1 fully saturated rings. The van der Waals surface area contributed by atoms with Crippen LogP contribution in [0, 0.1) is 0 Å². The molecule has 0 aromatic heterocycles. The average molecular weight is 341 g/mol. The molecule has 0 spiro atoms. The van der Waals surface area contributed by atoms with E-state index in [2.05, 4.69) is 58.2 Å². The topological polar surface area (TPSA) is 24.5 Å². The van der Waals surface area contributed by atoms with Crippen LogP contribution in [0.1, 0.15) is 38.3 Å². The number of hydrogen-bond acceptors (Lipinski definition) is 3. The van der Waals surface area contributed by atoms with Gasteiger partial charge in [-0.05, 0) is 51.4 Å². The first-order chi connectivity index (χ1) is 9.49. The molecule has 1 heterocycles. The molecule has 1 aliphatic rings. The minimum Gasteiger partial charge on any atom is -0.377 e. The number of benzene rings is 1. The number of rotatable bonds is 4. The number of hydrogen-bond donors (Lipinski definition) is 1. The van der Waals surface area contributed by atoms with Crippen molar-refractivity contribution in [3.63, 3.8) is 0 Å². The van der Waals surface area contributed by atoms with Gasteiger partial charge in [0.25, 0.3) is 0 Å². The van der Waals surface area contributed by atoms with E-state index in [1.54, 1.807) is 0 Å².